The first-order chi connectivity index (χ1) is 11.1. The monoisotopic (exact) mass is 346 g/mol. The Morgan fingerprint density at radius 1 is 1.26 bits per heavy atom. The van der Waals surface area contributed by atoms with E-state index >= 15 is 0 Å². The Bertz CT molecular complexity index is 703. The first-order valence-corrected chi connectivity index (χ1v) is 9.04. The van der Waals surface area contributed by atoms with Crippen molar-refractivity contribution in [2.45, 2.75) is 30.2 Å². The van der Waals surface area contributed by atoms with Gasteiger partial charge in [0.2, 0.25) is 5.91 Å². The largest absolute Gasteiger partial charge is 0.399 e. The minimum Gasteiger partial charge on any atom is -0.399 e. The van der Waals surface area contributed by atoms with E-state index in [4.69, 9.17) is 17.3 Å². The molecular weight excluding hydrogens is 328 g/mol. The fourth-order valence-corrected chi connectivity index (χ4v) is 3.74. The summed E-state index contributed by atoms with van der Waals surface area (Å²) in [6, 6.07) is 13.6. The maximum atomic E-state index is 12.2. The highest BCUT2D eigenvalue weighted by atomic mass is 35.5. The molecule has 2 aromatic carbocycles. The maximum Gasteiger partial charge on any atom is 0.230 e. The zero-order valence-corrected chi connectivity index (χ0v) is 14.3. The Kier molecular flexibility index (Phi) is 5.13. The van der Waals surface area contributed by atoms with Gasteiger partial charge in [-0.05, 0) is 66.8 Å². The molecule has 3 rings (SSSR count). The average molecular weight is 347 g/mol. The Labute approximate surface area is 145 Å². The van der Waals surface area contributed by atoms with E-state index in [2.05, 4.69) is 5.32 Å². The summed E-state index contributed by atoms with van der Waals surface area (Å²) in [4.78, 5) is 13.3. The van der Waals surface area contributed by atoms with Crippen molar-refractivity contribution in [1.29, 1.82) is 0 Å². The Hall–Kier alpha value is -1.65. The van der Waals surface area contributed by atoms with Crippen molar-refractivity contribution >= 4 is 35.0 Å². The van der Waals surface area contributed by atoms with Crippen molar-refractivity contribution in [1.82, 2.24) is 5.32 Å². The maximum absolute atomic E-state index is 12.2. The van der Waals surface area contributed by atoms with Gasteiger partial charge in [0.1, 0.15) is 0 Å². The van der Waals surface area contributed by atoms with Crippen LogP contribution >= 0.6 is 23.4 Å². The molecule has 0 aromatic heterocycles. The van der Waals surface area contributed by atoms with Gasteiger partial charge in [0.15, 0.2) is 0 Å². The van der Waals surface area contributed by atoms with Crippen molar-refractivity contribution in [2.75, 3.05) is 11.5 Å². The average Bonchev–Trinajstić information content (AvgIpc) is 2.54. The number of aryl methyl sites for hydroxylation is 1. The number of carbonyl (C=O) groups is 1. The predicted molar refractivity (Wildman–Crippen MR) is 96.9 cm³/mol. The second kappa shape index (κ2) is 7.28. The minimum absolute atomic E-state index is 0.0552. The van der Waals surface area contributed by atoms with Gasteiger partial charge in [0.25, 0.3) is 0 Å². The summed E-state index contributed by atoms with van der Waals surface area (Å²) in [5.41, 5.74) is 9.10. The molecule has 0 fully saturated rings. The number of carbonyl (C=O) groups excluding carboxylic acids is 1. The summed E-state index contributed by atoms with van der Waals surface area (Å²) in [7, 11) is 0. The van der Waals surface area contributed by atoms with Crippen LogP contribution in [0, 0.1) is 0 Å². The second-order valence-corrected chi connectivity index (χ2v) is 7.20. The van der Waals surface area contributed by atoms with Crippen LogP contribution in [0.15, 0.2) is 47.4 Å². The molecule has 3 nitrogen and oxygen atoms in total. The third kappa shape index (κ3) is 4.21. The van der Waals surface area contributed by atoms with E-state index in [1.165, 1.54) is 22.9 Å². The molecule has 1 unspecified atom stereocenters. The van der Waals surface area contributed by atoms with Gasteiger partial charge in [-0.2, -0.15) is 0 Å². The number of fused-ring (bicyclic) bond motifs is 1. The van der Waals surface area contributed by atoms with Crippen LogP contribution in [-0.4, -0.2) is 11.7 Å². The first-order valence-electron chi connectivity index (χ1n) is 7.68. The van der Waals surface area contributed by atoms with E-state index in [0.29, 0.717) is 10.8 Å². The van der Waals surface area contributed by atoms with E-state index in [1.807, 2.05) is 42.5 Å². The summed E-state index contributed by atoms with van der Waals surface area (Å²) in [5, 5.41) is 3.85. The van der Waals surface area contributed by atoms with Crippen LogP contribution < -0.4 is 11.1 Å². The standard InChI is InChI=1S/C18H19ClN2OS/c19-13-4-7-15(8-5-13)23-11-18(22)21-17-3-1-2-12-10-14(20)6-9-16(12)17/h4-10,17H,1-3,11,20H2,(H,21,22). The Balaban J connectivity index is 1.59. The Morgan fingerprint density at radius 2 is 2.04 bits per heavy atom. The van der Waals surface area contributed by atoms with E-state index in [-0.39, 0.29) is 11.9 Å². The van der Waals surface area contributed by atoms with Gasteiger partial charge in [-0.15, -0.1) is 11.8 Å². The number of halogens is 1. The third-order valence-electron chi connectivity index (χ3n) is 4.00. The third-order valence-corrected chi connectivity index (χ3v) is 5.26. The lowest BCUT2D eigenvalue weighted by atomic mass is 9.87. The summed E-state index contributed by atoms with van der Waals surface area (Å²) < 4.78 is 0. The van der Waals surface area contributed by atoms with Crippen LogP contribution in [-0.2, 0) is 11.2 Å². The first kappa shape index (κ1) is 16.2. The molecular formula is C18H19ClN2OS. The summed E-state index contributed by atoms with van der Waals surface area (Å²) in [5.74, 6) is 0.460. The highest BCUT2D eigenvalue weighted by Crippen LogP contribution is 2.31. The van der Waals surface area contributed by atoms with E-state index in [9.17, 15) is 4.79 Å². The molecule has 0 saturated carbocycles. The van der Waals surface area contributed by atoms with E-state index in [0.717, 1.165) is 29.8 Å². The van der Waals surface area contributed by atoms with Crippen molar-refractivity contribution in [3.63, 3.8) is 0 Å². The van der Waals surface area contributed by atoms with Gasteiger partial charge in [0, 0.05) is 15.6 Å². The number of nitrogen functional groups attached to an aromatic ring is 1. The number of amides is 1. The fraction of sp³-hybridized carbons (Fsp3) is 0.278. The number of rotatable bonds is 4. The van der Waals surface area contributed by atoms with Crippen molar-refractivity contribution in [3.8, 4) is 0 Å². The number of hydrogen-bond acceptors (Lipinski definition) is 3. The highest BCUT2D eigenvalue weighted by Gasteiger charge is 2.21. The van der Waals surface area contributed by atoms with Gasteiger partial charge in [-0.1, -0.05) is 17.7 Å². The molecule has 2 aromatic rings. The predicted octanol–water partition coefficient (Wildman–Crippen LogP) is 4.21. The molecule has 23 heavy (non-hydrogen) atoms. The van der Waals surface area contributed by atoms with Crippen LogP contribution in [0.1, 0.15) is 30.0 Å². The molecule has 1 amide bonds. The summed E-state index contributed by atoms with van der Waals surface area (Å²) >= 11 is 7.38. The van der Waals surface area contributed by atoms with Gasteiger partial charge < -0.3 is 11.1 Å². The molecule has 120 valence electrons. The van der Waals surface area contributed by atoms with Crippen molar-refractivity contribution < 1.29 is 4.79 Å². The van der Waals surface area contributed by atoms with Gasteiger partial charge in [0.05, 0.1) is 11.8 Å². The van der Waals surface area contributed by atoms with E-state index in [1.54, 1.807) is 0 Å². The van der Waals surface area contributed by atoms with Crippen LogP contribution in [0.5, 0.6) is 0 Å². The van der Waals surface area contributed by atoms with Crippen LogP contribution in [0.4, 0.5) is 5.69 Å². The summed E-state index contributed by atoms with van der Waals surface area (Å²) in [6.45, 7) is 0. The fourth-order valence-electron chi connectivity index (χ4n) is 2.90. The van der Waals surface area contributed by atoms with Gasteiger partial charge >= 0.3 is 0 Å². The molecule has 5 heteroatoms. The topological polar surface area (TPSA) is 55.1 Å². The van der Waals surface area contributed by atoms with Gasteiger partial charge in [-0.3, -0.25) is 4.79 Å². The molecule has 0 aliphatic heterocycles. The number of nitrogens with two attached hydrogens (primary N) is 1. The zero-order valence-electron chi connectivity index (χ0n) is 12.7. The number of hydrogen-bond donors (Lipinski definition) is 2. The smallest absolute Gasteiger partial charge is 0.230 e. The SMILES string of the molecule is Nc1ccc2c(c1)CCCC2NC(=O)CSc1ccc(Cl)cc1. The number of benzene rings is 2. The summed E-state index contributed by atoms with van der Waals surface area (Å²) in [6.07, 6.45) is 3.09. The zero-order chi connectivity index (χ0) is 16.2. The van der Waals surface area contributed by atoms with Crippen molar-refractivity contribution in [3.05, 3.63) is 58.6 Å². The molecule has 0 radical (unpaired) electrons. The lowest BCUT2D eigenvalue weighted by Crippen LogP contribution is -2.32. The normalized spacial score (nSPS) is 16.7. The molecule has 0 bridgehead atoms. The van der Waals surface area contributed by atoms with Crippen LogP contribution in [0.25, 0.3) is 0 Å². The van der Waals surface area contributed by atoms with Crippen LogP contribution in [0.3, 0.4) is 0 Å². The molecule has 0 spiro atoms. The molecule has 0 saturated heterocycles. The highest BCUT2D eigenvalue weighted by molar-refractivity contribution is 8.00. The van der Waals surface area contributed by atoms with Crippen LogP contribution in [0.2, 0.25) is 5.02 Å². The Morgan fingerprint density at radius 3 is 2.83 bits per heavy atom. The lowest BCUT2D eigenvalue weighted by molar-refractivity contribution is -0.119. The molecule has 3 N–H and O–H groups in total. The second-order valence-electron chi connectivity index (χ2n) is 5.71. The quantitative estimate of drug-likeness (QED) is 0.644. The van der Waals surface area contributed by atoms with E-state index < -0.39 is 0 Å². The molecule has 1 atom stereocenters. The number of thioether (sulfide) groups is 1. The van der Waals surface area contributed by atoms with Crippen molar-refractivity contribution in [2.24, 2.45) is 0 Å². The molecule has 1 aliphatic rings. The lowest BCUT2D eigenvalue weighted by Gasteiger charge is -2.26. The number of anilines is 1. The minimum atomic E-state index is 0.0552. The number of nitrogens with one attached hydrogen (secondary N) is 1. The van der Waals surface area contributed by atoms with Gasteiger partial charge in [-0.25, -0.2) is 0 Å². The molecule has 1 aliphatic carbocycles. The molecule has 0 heterocycles.